The summed E-state index contributed by atoms with van der Waals surface area (Å²) in [6.07, 6.45) is 3.79. The molecular formula is C27H28FN3O. The van der Waals surface area contributed by atoms with Crippen molar-refractivity contribution in [3.05, 3.63) is 101 Å². The average Bonchev–Trinajstić information content (AvgIpc) is 3.15. The van der Waals surface area contributed by atoms with Crippen LogP contribution in [-0.4, -0.2) is 22.0 Å². The van der Waals surface area contributed by atoms with Crippen molar-refractivity contribution < 1.29 is 9.18 Å². The fraction of sp³-hybridized carbons (Fsp3) is 0.259. The third-order valence-corrected chi connectivity index (χ3v) is 5.74. The molecule has 0 fully saturated rings. The number of aromatic nitrogens is 2. The van der Waals surface area contributed by atoms with E-state index in [2.05, 4.69) is 16.0 Å². The minimum Gasteiger partial charge on any atom is -0.352 e. The second-order valence-corrected chi connectivity index (χ2v) is 8.11. The summed E-state index contributed by atoms with van der Waals surface area (Å²) in [5.41, 5.74) is 4.86. The topological polar surface area (TPSA) is 46.9 Å². The molecular weight excluding hydrogens is 401 g/mol. The molecule has 0 radical (unpaired) electrons. The molecule has 0 bridgehead atoms. The number of halogens is 1. The van der Waals surface area contributed by atoms with Crippen molar-refractivity contribution in [1.29, 1.82) is 0 Å². The third-order valence-electron chi connectivity index (χ3n) is 5.74. The van der Waals surface area contributed by atoms with Crippen molar-refractivity contribution in [2.24, 2.45) is 0 Å². The van der Waals surface area contributed by atoms with E-state index in [0.717, 1.165) is 59.2 Å². The van der Waals surface area contributed by atoms with Crippen LogP contribution in [0.25, 0.3) is 11.0 Å². The van der Waals surface area contributed by atoms with E-state index in [9.17, 15) is 9.18 Å². The molecule has 32 heavy (non-hydrogen) atoms. The first-order valence-electron chi connectivity index (χ1n) is 11.1. The Balaban J connectivity index is 1.32. The SMILES string of the molecule is Cc1ccccc1C(=O)NCCCCCc1nc2ccccc2n1Cc1ccc(F)cc1. The highest BCUT2D eigenvalue weighted by Crippen LogP contribution is 2.20. The van der Waals surface area contributed by atoms with Gasteiger partial charge in [0.25, 0.3) is 5.91 Å². The molecule has 0 spiro atoms. The fourth-order valence-electron chi connectivity index (χ4n) is 3.97. The van der Waals surface area contributed by atoms with Gasteiger partial charge in [-0.25, -0.2) is 9.37 Å². The van der Waals surface area contributed by atoms with Crippen LogP contribution in [0.4, 0.5) is 4.39 Å². The van der Waals surface area contributed by atoms with Gasteiger partial charge in [0.05, 0.1) is 11.0 Å². The number of hydrogen-bond donors (Lipinski definition) is 1. The van der Waals surface area contributed by atoms with E-state index < -0.39 is 0 Å². The second kappa shape index (κ2) is 10.2. The molecule has 0 unspecified atom stereocenters. The molecule has 0 aliphatic heterocycles. The van der Waals surface area contributed by atoms with Gasteiger partial charge in [0.2, 0.25) is 0 Å². The Morgan fingerprint density at radius 3 is 2.50 bits per heavy atom. The molecule has 0 saturated heterocycles. The molecule has 5 heteroatoms. The van der Waals surface area contributed by atoms with Crippen LogP contribution in [-0.2, 0) is 13.0 Å². The number of nitrogens with zero attached hydrogens (tertiary/aromatic N) is 2. The molecule has 4 nitrogen and oxygen atoms in total. The quantitative estimate of drug-likeness (QED) is 0.348. The lowest BCUT2D eigenvalue weighted by Gasteiger charge is -2.10. The molecule has 4 rings (SSSR count). The molecule has 4 aromatic rings. The van der Waals surface area contributed by atoms with Gasteiger partial charge < -0.3 is 9.88 Å². The van der Waals surface area contributed by atoms with Crippen molar-refractivity contribution in [2.75, 3.05) is 6.54 Å². The molecule has 0 saturated carbocycles. The summed E-state index contributed by atoms with van der Waals surface area (Å²) in [6, 6.07) is 22.4. The van der Waals surface area contributed by atoms with Gasteiger partial charge in [-0.3, -0.25) is 4.79 Å². The molecule has 0 aliphatic carbocycles. The molecule has 3 aromatic carbocycles. The number of aryl methyl sites for hydroxylation is 2. The Hall–Kier alpha value is -3.47. The highest BCUT2D eigenvalue weighted by Gasteiger charge is 2.11. The van der Waals surface area contributed by atoms with Crippen LogP contribution in [0, 0.1) is 12.7 Å². The maximum absolute atomic E-state index is 13.3. The van der Waals surface area contributed by atoms with Crippen LogP contribution in [0.3, 0.4) is 0 Å². The van der Waals surface area contributed by atoms with E-state index in [0.29, 0.717) is 13.1 Å². The summed E-state index contributed by atoms with van der Waals surface area (Å²) in [5, 5.41) is 3.02. The number of carbonyl (C=O) groups is 1. The van der Waals surface area contributed by atoms with Crippen LogP contribution in [0.15, 0.2) is 72.8 Å². The van der Waals surface area contributed by atoms with Gasteiger partial charge >= 0.3 is 0 Å². The summed E-state index contributed by atoms with van der Waals surface area (Å²) in [6.45, 7) is 3.29. The molecule has 1 amide bonds. The molecule has 0 atom stereocenters. The predicted octanol–water partition coefficient (Wildman–Crippen LogP) is 5.67. The average molecular weight is 430 g/mol. The first-order valence-corrected chi connectivity index (χ1v) is 11.1. The lowest BCUT2D eigenvalue weighted by Crippen LogP contribution is -2.25. The smallest absolute Gasteiger partial charge is 0.251 e. The zero-order valence-corrected chi connectivity index (χ0v) is 18.4. The van der Waals surface area contributed by atoms with Gasteiger partial charge in [-0.1, -0.05) is 48.9 Å². The van der Waals surface area contributed by atoms with Crippen LogP contribution in [0.1, 0.15) is 46.6 Å². The lowest BCUT2D eigenvalue weighted by molar-refractivity contribution is 0.0952. The van der Waals surface area contributed by atoms with Crippen molar-refractivity contribution in [3.63, 3.8) is 0 Å². The normalized spacial score (nSPS) is 11.1. The van der Waals surface area contributed by atoms with Crippen molar-refractivity contribution in [1.82, 2.24) is 14.9 Å². The van der Waals surface area contributed by atoms with Gasteiger partial charge in [-0.2, -0.15) is 0 Å². The van der Waals surface area contributed by atoms with Gasteiger partial charge in [0, 0.05) is 25.1 Å². The van der Waals surface area contributed by atoms with Gasteiger partial charge in [-0.15, -0.1) is 0 Å². The van der Waals surface area contributed by atoms with E-state index in [-0.39, 0.29) is 11.7 Å². The zero-order chi connectivity index (χ0) is 22.3. The number of benzene rings is 3. The molecule has 164 valence electrons. The largest absolute Gasteiger partial charge is 0.352 e. The minimum atomic E-state index is -0.223. The third kappa shape index (κ3) is 5.22. The highest BCUT2D eigenvalue weighted by molar-refractivity contribution is 5.95. The van der Waals surface area contributed by atoms with E-state index in [4.69, 9.17) is 4.98 Å². The minimum absolute atomic E-state index is 0.0100. The Morgan fingerprint density at radius 2 is 1.69 bits per heavy atom. The molecule has 1 aromatic heterocycles. The Labute approximate surface area is 188 Å². The first-order chi connectivity index (χ1) is 15.6. The maximum atomic E-state index is 13.3. The standard InChI is InChI=1S/C27H28FN3O/c1-20-9-4-5-10-23(20)27(32)29-18-8-2-3-13-26-30-24-11-6-7-12-25(24)31(26)19-21-14-16-22(28)17-15-21/h4-7,9-12,14-17H,2-3,8,13,18-19H2,1H3,(H,29,32). The van der Waals surface area contributed by atoms with E-state index >= 15 is 0 Å². The second-order valence-electron chi connectivity index (χ2n) is 8.11. The van der Waals surface area contributed by atoms with E-state index in [1.54, 1.807) is 0 Å². The number of nitrogens with one attached hydrogen (secondary N) is 1. The Bertz CT molecular complexity index is 1200. The Kier molecular flexibility index (Phi) is 6.95. The molecule has 0 aliphatic rings. The monoisotopic (exact) mass is 429 g/mol. The summed E-state index contributed by atoms with van der Waals surface area (Å²) in [7, 11) is 0. The number of para-hydroxylation sites is 2. The van der Waals surface area contributed by atoms with Crippen LogP contribution in [0.2, 0.25) is 0 Å². The summed E-state index contributed by atoms with van der Waals surface area (Å²) in [4.78, 5) is 17.2. The Morgan fingerprint density at radius 1 is 0.938 bits per heavy atom. The number of carbonyl (C=O) groups excluding carboxylic acids is 1. The van der Waals surface area contributed by atoms with Crippen molar-refractivity contribution in [3.8, 4) is 0 Å². The number of fused-ring (bicyclic) bond motifs is 1. The van der Waals surface area contributed by atoms with Gasteiger partial charge in [-0.05, 0) is 61.2 Å². The van der Waals surface area contributed by atoms with Gasteiger partial charge in [0.15, 0.2) is 0 Å². The number of hydrogen-bond acceptors (Lipinski definition) is 2. The lowest BCUT2D eigenvalue weighted by atomic mass is 10.1. The van der Waals surface area contributed by atoms with Crippen LogP contribution < -0.4 is 5.32 Å². The first kappa shape index (κ1) is 21.8. The summed E-state index contributed by atoms with van der Waals surface area (Å²) in [5.74, 6) is 0.808. The maximum Gasteiger partial charge on any atom is 0.251 e. The highest BCUT2D eigenvalue weighted by atomic mass is 19.1. The number of imidazole rings is 1. The summed E-state index contributed by atoms with van der Waals surface area (Å²) < 4.78 is 15.5. The molecule has 1 N–H and O–H groups in total. The molecule has 1 heterocycles. The number of rotatable bonds is 9. The zero-order valence-electron chi connectivity index (χ0n) is 18.4. The van der Waals surface area contributed by atoms with Crippen molar-refractivity contribution in [2.45, 2.75) is 39.2 Å². The van der Waals surface area contributed by atoms with E-state index in [1.165, 1.54) is 12.1 Å². The number of amides is 1. The fourth-order valence-corrected chi connectivity index (χ4v) is 3.97. The van der Waals surface area contributed by atoms with Gasteiger partial charge in [0.1, 0.15) is 11.6 Å². The van der Waals surface area contributed by atoms with Crippen LogP contribution in [0.5, 0.6) is 0 Å². The summed E-state index contributed by atoms with van der Waals surface area (Å²) >= 11 is 0. The number of unbranched alkanes of at least 4 members (excludes halogenated alkanes) is 2. The van der Waals surface area contributed by atoms with E-state index in [1.807, 2.05) is 61.5 Å². The van der Waals surface area contributed by atoms with Crippen LogP contribution >= 0.6 is 0 Å². The predicted molar refractivity (Wildman–Crippen MR) is 126 cm³/mol. The van der Waals surface area contributed by atoms with Crippen molar-refractivity contribution >= 4 is 16.9 Å².